The number of benzene rings is 1. The van der Waals surface area contributed by atoms with Crippen LogP contribution in [-0.2, 0) is 20.9 Å². The summed E-state index contributed by atoms with van der Waals surface area (Å²) in [5, 5.41) is 9.25. The number of halogens is 3. The topological polar surface area (TPSA) is 185 Å². The van der Waals surface area contributed by atoms with Gasteiger partial charge < -0.3 is 27.4 Å². The zero-order valence-corrected chi connectivity index (χ0v) is 18.7. The Morgan fingerprint density at radius 3 is 2.49 bits per heavy atom. The van der Waals surface area contributed by atoms with Crippen LogP contribution >= 0.6 is 0 Å². The van der Waals surface area contributed by atoms with Gasteiger partial charge in [0.1, 0.15) is 5.84 Å². The van der Waals surface area contributed by atoms with Crippen LogP contribution in [0.1, 0.15) is 53.6 Å². The first-order valence-electron chi connectivity index (χ1n) is 11.0. The number of fused-ring (bicyclic) bond motifs is 1. The van der Waals surface area contributed by atoms with E-state index in [1.165, 1.54) is 23.5 Å². The first-order valence-corrected chi connectivity index (χ1v) is 11.0. The molecule has 0 saturated heterocycles. The van der Waals surface area contributed by atoms with Gasteiger partial charge in [0.15, 0.2) is 0 Å². The summed E-state index contributed by atoms with van der Waals surface area (Å²) < 4.78 is 37.5. The van der Waals surface area contributed by atoms with Crippen molar-refractivity contribution in [3.8, 4) is 0 Å². The predicted octanol–water partition coefficient (Wildman–Crippen LogP) is 0.509. The first kappa shape index (κ1) is 26.1. The second-order valence-corrected chi connectivity index (χ2v) is 8.97. The molecule has 0 bridgehead atoms. The zero-order valence-electron chi connectivity index (χ0n) is 18.7. The maximum absolute atomic E-state index is 13.2. The Balaban J connectivity index is 1.75. The van der Waals surface area contributed by atoms with Gasteiger partial charge in [0.25, 0.3) is 5.91 Å². The number of carbonyl (C=O) groups excluding carboxylic acids is 4. The van der Waals surface area contributed by atoms with Crippen molar-refractivity contribution in [2.75, 3.05) is 0 Å². The summed E-state index contributed by atoms with van der Waals surface area (Å²) in [5.41, 5.74) is 17.5. The summed E-state index contributed by atoms with van der Waals surface area (Å²) in [6, 6.07) is 2.91. The van der Waals surface area contributed by atoms with Gasteiger partial charge in [-0.15, -0.1) is 0 Å². The van der Waals surface area contributed by atoms with Crippen LogP contribution in [0.2, 0.25) is 0 Å². The van der Waals surface area contributed by atoms with Gasteiger partial charge >= 0.3 is 12.1 Å². The highest BCUT2D eigenvalue weighted by Crippen LogP contribution is 2.38. The van der Waals surface area contributed by atoms with Crippen LogP contribution in [0.15, 0.2) is 18.2 Å². The largest absolute Gasteiger partial charge is 0.471 e. The molecule has 1 aromatic carbocycles. The molecule has 35 heavy (non-hydrogen) atoms. The second kappa shape index (κ2) is 10.0. The number of rotatable bonds is 7. The lowest BCUT2D eigenvalue weighted by molar-refractivity contribution is -0.171. The van der Waals surface area contributed by atoms with E-state index in [9.17, 15) is 32.3 Å². The number of nitrogens with zero attached hydrogens (tertiary/aromatic N) is 1. The number of amides is 4. The molecule has 10 nitrogen and oxygen atoms in total. The molecule has 13 heteroatoms. The van der Waals surface area contributed by atoms with E-state index in [-0.39, 0.29) is 42.0 Å². The molecule has 2 aliphatic rings. The van der Waals surface area contributed by atoms with Crippen molar-refractivity contribution in [2.24, 2.45) is 29.0 Å². The number of primary amides is 2. The Morgan fingerprint density at radius 1 is 1.20 bits per heavy atom. The molecule has 0 radical (unpaired) electrons. The minimum atomic E-state index is -5.14. The highest BCUT2D eigenvalue weighted by molar-refractivity contribution is 6.09. The molecule has 4 unspecified atom stereocenters. The summed E-state index contributed by atoms with van der Waals surface area (Å²) in [6.45, 7) is 0.260. The third-order valence-electron chi connectivity index (χ3n) is 6.69. The molecular weight excluding hydrogens is 469 g/mol. The summed E-state index contributed by atoms with van der Waals surface area (Å²) in [6.07, 6.45) is -2.69. The van der Waals surface area contributed by atoms with Gasteiger partial charge in [0.05, 0.1) is 6.04 Å². The van der Waals surface area contributed by atoms with Gasteiger partial charge in [0.2, 0.25) is 11.8 Å². The molecule has 3 rings (SSSR count). The SMILES string of the molecule is N=C(NC(=O)C(F)(F)F)c1ccc2c(c1)C(=O)N(C1CCCC(C(CC(N)=O)C(N)C(N)=O)C1)C2. The van der Waals surface area contributed by atoms with E-state index < -0.39 is 41.7 Å². The average molecular weight is 496 g/mol. The van der Waals surface area contributed by atoms with E-state index in [4.69, 9.17) is 22.6 Å². The molecule has 190 valence electrons. The van der Waals surface area contributed by atoms with Crippen molar-refractivity contribution in [3.05, 3.63) is 34.9 Å². The minimum Gasteiger partial charge on any atom is -0.370 e. The predicted molar refractivity (Wildman–Crippen MR) is 118 cm³/mol. The number of carbonyl (C=O) groups is 4. The molecule has 1 aliphatic carbocycles. The Hall–Kier alpha value is -3.48. The van der Waals surface area contributed by atoms with E-state index in [0.717, 1.165) is 6.42 Å². The van der Waals surface area contributed by atoms with E-state index in [2.05, 4.69) is 0 Å². The van der Waals surface area contributed by atoms with Crippen LogP contribution in [0.5, 0.6) is 0 Å². The Bertz CT molecular complexity index is 1060. The monoisotopic (exact) mass is 496 g/mol. The smallest absolute Gasteiger partial charge is 0.370 e. The standard InChI is InChI=1S/C22H27F3N6O4/c23-22(24,25)21(35)30-18(28)11-4-5-12-9-31(20(34)15(12)7-11)13-3-1-2-10(6-13)14(8-16(26)32)17(27)19(29)33/h4-5,7,10,13-14,17H,1-3,6,8-9,27H2,(H2,26,32)(H2,29,33)(H2,28,30,35). The zero-order chi connectivity index (χ0) is 26.1. The van der Waals surface area contributed by atoms with E-state index in [1.54, 1.807) is 4.90 Å². The Kier molecular flexibility index (Phi) is 7.48. The van der Waals surface area contributed by atoms with Crippen molar-refractivity contribution in [2.45, 2.75) is 56.9 Å². The van der Waals surface area contributed by atoms with Gasteiger partial charge in [-0.2, -0.15) is 13.2 Å². The highest BCUT2D eigenvalue weighted by Gasteiger charge is 2.41. The highest BCUT2D eigenvalue weighted by atomic mass is 19.4. The van der Waals surface area contributed by atoms with Crippen LogP contribution in [0.25, 0.3) is 0 Å². The molecule has 8 N–H and O–H groups in total. The molecule has 1 aliphatic heterocycles. The fourth-order valence-corrected chi connectivity index (χ4v) is 4.93. The number of hydrogen-bond donors (Lipinski definition) is 5. The van der Waals surface area contributed by atoms with Gasteiger partial charge in [-0.1, -0.05) is 18.6 Å². The Morgan fingerprint density at radius 2 is 1.89 bits per heavy atom. The molecule has 4 atom stereocenters. The third-order valence-corrected chi connectivity index (χ3v) is 6.69. The van der Waals surface area contributed by atoms with Crippen molar-refractivity contribution < 1.29 is 32.3 Å². The maximum Gasteiger partial charge on any atom is 0.471 e. The number of alkyl halides is 3. The Labute approximate surface area is 198 Å². The number of nitrogens with one attached hydrogen (secondary N) is 2. The van der Waals surface area contributed by atoms with E-state index >= 15 is 0 Å². The molecule has 4 amide bonds. The minimum absolute atomic E-state index is 0.0352. The number of nitrogens with two attached hydrogens (primary N) is 3. The summed E-state index contributed by atoms with van der Waals surface area (Å²) in [5.74, 6) is -5.47. The average Bonchev–Trinajstić information content (AvgIpc) is 3.12. The van der Waals surface area contributed by atoms with Gasteiger partial charge in [0, 0.05) is 30.1 Å². The van der Waals surface area contributed by atoms with Crippen LogP contribution < -0.4 is 22.5 Å². The molecule has 0 spiro atoms. The van der Waals surface area contributed by atoms with Crippen molar-refractivity contribution >= 4 is 29.5 Å². The summed E-state index contributed by atoms with van der Waals surface area (Å²) >= 11 is 0. The lowest BCUT2D eigenvalue weighted by atomic mass is 9.73. The van der Waals surface area contributed by atoms with Crippen LogP contribution in [-0.4, -0.2) is 52.6 Å². The van der Waals surface area contributed by atoms with Crippen molar-refractivity contribution in [1.29, 1.82) is 5.41 Å². The molecule has 1 saturated carbocycles. The summed E-state index contributed by atoms with van der Waals surface area (Å²) in [4.78, 5) is 49.2. The van der Waals surface area contributed by atoms with Crippen molar-refractivity contribution in [1.82, 2.24) is 10.2 Å². The quantitative estimate of drug-likeness (QED) is 0.271. The fourth-order valence-electron chi connectivity index (χ4n) is 4.93. The van der Waals surface area contributed by atoms with Crippen LogP contribution in [0, 0.1) is 17.2 Å². The number of hydrogen-bond acceptors (Lipinski definition) is 6. The summed E-state index contributed by atoms with van der Waals surface area (Å²) in [7, 11) is 0. The van der Waals surface area contributed by atoms with Gasteiger partial charge in [-0.25, -0.2) is 0 Å². The lowest BCUT2D eigenvalue weighted by Crippen LogP contribution is -2.49. The first-order chi connectivity index (χ1) is 16.3. The van der Waals surface area contributed by atoms with Crippen molar-refractivity contribution in [3.63, 3.8) is 0 Å². The van der Waals surface area contributed by atoms with E-state index in [0.29, 0.717) is 24.8 Å². The molecule has 1 fully saturated rings. The van der Waals surface area contributed by atoms with E-state index in [1.807, 2.05) is 0 Å². The van der Waals surface area contributed by atoms with Gasteiger partial charge in [-0.05, 0) is 42.7 Å². The fraction of sp³-hybridized carbons (Fsp3) is 0.500. The molecule has 0 aromatic heterocycles. The molecular formula is C22H27F3N6O4. The van der Waals surface area contributed by atoms with Gasteiger partial charge in [-0.3, -0.25) is 24.6 Å². The third kappa shape index (κ3) is 5.78. The molecule has 1 aromatic rings. The lowest BCUT2D eigenvalue weighted by Gasteiger charge is -2.39. The molecule has 1 heterocycles. The normalized spacial score (nSPS) is 21.7. The second-order valence-electron chi connectivity index (χ2n) is 8.97. The number of amidine groups is 1. The van der Waals surface area contributed by atoms with Crippen LogP contribution in [0.4, 0.5) is 13.2 Å². The maximum atomic E-state index is 13.2. The van der Waals surface area contributed by atoms with Crippen LogP contribution in [0.3, 0.4) is 0 Å².